The Hall–Kier alpha value is -3.34. The lowest BCUT2D eigenvalue weighted by atomic mass is 10.1. The molecular formula is C20H15ClF2N4O4. The number of hydrogen-bond acceptors (Lipinski definition) is 7. The highest BCUT2D eigenvalue weighted by Gasteiger charge is 2.16. The molecule has 160 valence electrons. The monoisotopic (exact) mass is 448 g/mol. The van der Waals surface area contributed by atoms with E-state index in [0.29, 0.717) is 39.1 Å². The highest BCUT2D eigenvalue weighted by Crippen LogP contribution is 2.34. The van der Waals surface area contributed by atoms with Crippen molar-refractivity contribution >= 4 is 22.6 Å². The first-order chi connectivity index (χ1) is 14.9. The standard InChI is InChI=1S/C20H15ClF2N4O4/c21-15-3-2-12(30-9-11(29)8-28)6-13(15)18-14-7-24-20(25-19(14)27-26-18)31-17-4-1-10(22)5-16(17)23/h1-7,11,28-29H,8-9H2,(H,24,25,26,27)/t11-/m1/s1. The summed E-state index contributed by atoms with van der Waals surface area (Å²) >= 11 is 6.31. The SMILES string of the molecule is OC[C@@H](O)COc1ccc(Cl)c(-c2n[nH]c3nc(Oc4ccc(F)cc4F)ncc23)c1. The summed E-state index contributed by atoms with van der Waals surface area (Å²) in [5, 5.41) is 26.2. The molecule has 2 heterocycles. The number of aliphatic hydroxyl groups is 2. The number of fused-ring (bicyclic) bond motifs is 1. The third-order valence-electron chi connectivity index (χ3n) is 4.24. The summed E-state index contributed by atoms with van der Waals surface area (Å²) in [6, 6.07) is 7.57. The van der Waals surface area contributed by atoms with Crippen molar-refractivity contribution in [2.24, 2.45) is 0 Å². The molecule has 0 spiro atoms. The highest BCUT2D eigenvalue weighted by molar-refractivity contribution is 6.33. The van der Waals surface area contributed by atoms with Crippen LogP contribution in [0, 0.1) is 11.6 Å². The summed E-state index contributed by atoms with van der Waals surface area (Å²) in [6.07, 6.45) is 0.417. The van der Waals surface area contributed by atoms with Crippen LogP contribution in [-0.2, 0) is 0 Å². The zero-order valence-electron chi connectivity index (χ0n) is 15.7. The van der Waals surface area contributed by atoms with Crippen molar-refractivity contribution in [1.29, 1.82) is 0 Å². The molecule has 0 saturated heterocycles. The number of rotatable bonds is 7. The highest BCUT2D eigenvalue weighted by atomic mass is 35.5. The summed E-state index contributed by atoms with van der Waals surface area (Å²) < 4.78 is 37.6. The number of halogens is 3. The third kappa shape index (κ3) is 4.55. The molecule has 0 radical (unpaired) electrons. The van der Waals surface area contributed by atoms with Gasteiger partial charge in [0.05, 0.1) is 17.0 Å². The molecule has 0 aliphatic rings. The van der Waals surface area contributed by atoms with Crippen LogP contribution in [0.3, 0.4) is 0 Å². The first kappa shape index (κ1) is 20.9. The number of ether oxygens (including phenoxy) is 2. The molecule has 4 rings (SSSR count). The number of aliphatic hydroxyl groups excluding tert-OH is 2. The molecule has 0 aliphatic heterocycles. The minimum absolute atomic E-state index is 0.0946. The minimum atomic E-state index is -1.01. The zero-order chi connectivity index (χ0) is 22.0. The van der Waals surface area contributed by atoms with Gasteiger partial charge in [-0.15, -0.1) is 0 Å². The molecule has 0 aliphatic carbocycles. The summed E-state index contributed by atoms with van der Waals surface area (Å²) in [5.74, 6) is -1.42. The fraction of sp³-hybridized carbons (Fsp3) is 0.150. The third-order valence-corrected chi connectivity index (χ3v) is 4.57. The van der Waals surface area contributed by atoms with Crippen molar-refractivity contribution in [1.82, 2.24) is 20.2 Å². The molecule has 8 nitrogen and oxygen atoms in total. The van der Waals surface area contributed by atoms with Gasteiger partial charge in [0.2, 0.25) is 0 Å². The maximum absolute atomic E-state index is 13.8. The second-order valence-electron chi connectivity index (χ2n) is 6.45. The smallest absolute Gasteiger partial charge is 0.324 e. The number of hydrogen-bond donors (Lipinski definition) is 3. The Bertz CT molecular complexity index is 1240. The molecule has 3 N–H and O–H groups in total. The van der Waals surface area contributed by atoms with E-state index < -0.39 is 24.3 Å². The van der Waals surface area contributed by atoms with E-state index in [-0.39, 0.29) is 18.4 Å². The molecule has 11 heteroatoms. The van der Waals surface area contributed by atoms with Crippen molar-refractivity contribution in [3.8, 4) is 28.8 Å². The van der Waals surface area contributed by atoms with Crippen LogP contribution in [0.15, 0.2) is 42.6 Å². The van der Waals surface area contributed by atoms with Gasteiger partial charge in [-0.1, -0.05) is 11.6 Å². The van der Waals surface area contributed by atoms with Crippen LogP contribution in [0.2, 0.25) is 5.02 Å². The molecule has 0 saturated carbocycles. The summed E-state index contributed by atoms with van der Waals surface area (Å²) in [7, 11) is 0. The number of benzene rings is 2. The predicted octanol–water partition coefficient (Wildman–Crippen LogP) is 3.48. The summed E-state index contributed by atoms with van der Waals surface area (Å²) in [5.41, 5.74) is 1.26. The van der Waals surface area contributed by atoms with Gasteiger partial charge in [0.1, 0.15) is 30.0 Å². The van der Waals surface area contributed by atoms with Crippen molar-refractivity contribution in [2.75, 3.05) is 13.2 Å². The van der Waals surface area contributed by atoms with Crippen LogP contribution in [-0.4, -0.2) is 49.7 Å². The fourth-order valence-electron chi connectivity index (χ4n) is 2.72. The molecule has 4 aromatic rings. The maximum atomic E-state index is 13.8. The molecule has 0 bridgehead atoms. The largest absolute Gasteiger partial charge is 0.491 e. The second-order valence-corrected chi connectivity index (χ2v) is 6.86. The van der Waals surface area contributed by atoms with Crippen LogP contribution in [0.4, 0.5) is 8.78 Å². The Morgan fingerprint density at radius 1 is 1.16 bits per heavy atom. The fourth-order valence-corrected chi connectivity index (χ4v) is 2.93. The van der Waals surface area contributed by atoms with Gasteiger partial charge in [0.15, 0.2) is 17.2 Å². The van der Waals surface area contributed by atoms with E-state index in [1.807, 2.05) is 0 Å². The lowest BCUT2D eigenvalue weighted by Gasteiger charge is -2.11. The van der Waals surface area contributed by atoms with Gasteiger partial charge >= 0.3 is 6.01 Å². The number of aromatic amines is 1. The van der Waals surface area contributed by atoms with Gasteiger partial charge < -0.3 is 19.7 Å². The van der Waals surface area contributed by atoms with E-state index in [1.54, 1.807) is 18.2 Å². The average Bonchev–Trinajstić information content (AvgIpc) is 3.18. The van der Waals surface area contributed by atoms with E-state index >= 15 is 0 Å². The van der Waals surface area contributed by atoms with Crippen molar-refractivity contribution in [2.45, 2.75) is 6.10 Å². The van der Waals surface area contributed by atoms with Crippen LogP contribution in [0.25, 0.3) is 22.3 Å². The van der Waals surface area contributed by atoms with E-state index in [1.165, 1.54) is 6.20 Å². The van der Waals surface area contributed by atoms with Crippen molar-refractivity contribution in [3.05, 3.63) is 59.3 Å². The molecule has 31 heavy (non-hydrogen) atoms. The minimum Gasteiger partial charge on any atom is -0.491 e. The Labute approximate surface area is 179 Å². The summed E-state index contributed by atoms with van der Waals surface area (Å²) in [4.78, 5) is 8.21. The van der Waals surface area contributed by atoms with E-state index in [0.717, 1.165) is 12.1 Å². The number of nitrogens with one attached hydrogen (secondary N) is 1. The molecule has 1 atom stereocenters. The Morgan fingerprint density at radius 2 is 2.00 bits per heavy atom. The average molecular weight is 449 g/mol. The molecule has 2 aromatic heterocycles. The Kier molecular flexibility index (Phi) is 5.94. The molecule has 2 aromatic carbocycles. The van der Waals surface area contributed by atoms with Gasteiger partial charge in [0.25, 0.3) is 0 Å². The van der Waals surface area contributed by atoms with Crippen molar-refractivity contribution in [3.63, 3.8) is 0 Å². The van der Waals surface area contributed by atoms with Gasteiger partial charge in [-0.25, -0.2) is 13.8 Å². The van der Waals surface area contributed by atoms with Crippen LogP contribution in [0.1, 0.15) is 0 Å². The Balaban J connectivity index is 1.62. The zero-order valence-corrected chi connectivity index (χ0v) is 16.5. The summed E-state index contributed by atoms with van der Waals surface area (Å²) in [6.45, 7) is -0.517. The van der Waals surface area contributed by atoms with Gasteiger partial charge in [-0.05, 0) is 30.3 Å². The van der Waals surface area contributed by atoms with E-state index in [4.69, 9.17) is 26.2 Å². The van der Waals surface area contributed by atoms with Crippen molar-refractivity contribution < 1.29 is 28.5 Å². The molecular weight excluding hydrogens is 434 g/mol. The van der Waals surface area contributed by atoms with E-state index in [9.17, 15) is 13.9 Å². The van der Waals surface area contributed by atoms with Gasteiger partial charge in [-0.3, -0.25) is 5.10 Å². The van der Waals surface area contributed by atoms with Crippen LogP contribution in [0.5, 0.6) is 17.5 Å². The lowest BCUT2D eigenvalue weighted by Crippen LogP contribution is -2.21. The quantitative estimate of drug-likeness (QED) is 0.396. The number of nitrogens with zero attached hydrogens (tertiary/aromatic N) is 3. The number of H-pyrrole nitrogens is 1. The van der Waals surface area contributed by atoms with Gasteiger partial charge in [-0.2, -0.15) is 10.1 Å². The lowest BCUT2D eigenvalue weighted by molar-refractivity contribution is 0.0536. The first-order valence-corrected chi connectivity index (χ1v) is 9.38. The number of aromatic nitrogens is 4. The molecule has 0 amide bonds. The maximum Gasteiger partial charge on any atom is 0.324 e. The topological polar surface area (TPSA) is 113 Å². The normalized spacial score (nSPS) is 12.2. The molecule has 0 fully saturated rings. The van der Waals surface area contributed by atoms with E-state index in [2.05, 4.69) is 20.2 Å². The molecule has 0 unspecified atom stereocenters. The predicted molar refractivity (Wildman–Crippen MR) is 107 cm³/mol. The van der Waals surface area contributed by atoms with Crippen LogP contribution < -0.4 is 9.47 Å². The van der Waals surface area contributed by atoms with Crippen LogP contribution >= 0.6 is 11.6 Å². The Morgan fingerprint density at radius 3 is 2.77 bits per heavy atom. The second kappa shape index (κ2) is 8.80. The van der Waals surface area contributed by atoms with Gasteiger partial charge in [0, 0.05) is 17.8 Å². The first-order valence-electron chi connectivity index (χ1n) is 9.00.